The summed E-state index contributed by atoms with van der Waals surface area (Å²) >= 11 is 6.01. The summed E-state index contributed by atoms with van der Waals surface area (Å²) < 4.78 is 0. The fraction of sp³-hybridized carbons (Fsp3) is 0.125. The molecule has 0 aliphatic carbocycles. The first kappa shape index (κ1) is 13.6. The highest BCUT2D eigenvalue weighted by atomic mass is 35.5. The zero-order valence-electron chi connectivity index (χ0n) is 11.7. The van der Waals surface area contributed by atoms with Crippen LogP contribution in [0.5, 0.6) is 0 Å². The highest BCUT2D eigenvalue weighted by molar-refractivity contribution is 6.31. The Balaban J connectivity index is 2.03. The van der Waals surface area contributed by atoms with Crippen LogP contribution in [0.25, 0.3) is 22.2 Å². The summed E-state index contributed by atoms with van der Waals surface area (Å²) in [6, 6.07) is 9.40. The fourth-order valence-electron chi connectivity index (χ4n) is 2.27. The maximum Gasteiger partial charge on any atom is 0.253 e. The molecule has 0 aliphatic heterocycles. The molecule has 5 heteroatoms. The Morgan fingerprint density at radius 2 is 1.95 bits per heavy atom. The highest BCUT2D eigenvalue weighted by Crippen LogP contribution is 2.29. The molecule has 0 bridgehead atoms. The minimum atomic E-state index is -0.00909. The summed E-state index contributed by atoms with van der Waals surface area (Å²) in [5, 5.41) is 1.57. The second-order valence-corrected chi connectivity index (χ2v) is 5.47. The monoisotopic (exact) mass is 299 g/mol. The van der Waals surface area contributed by atoms with E-state index >= 15 is 0 Å². The normalized spacial score (nSPS) is 10.8. The number of aromatic amines is 1. The Labute approximate surface area is 127 Å². The van der Waals surface area contributed by atoms with E-state index in [1.807, 2.05) is 36.5 Å². The first-order chi connectivity index (χ1) is 10.1. The van der Waals surface area contributed by atoms with E-state index in [9.17, 15) is 4.79 Å². The summed E-state index contributed by atoms with van der Waals surface area (Å²) in [5.41, 5.74) is 3.49. The molecule has 0 unspecified atom stereocenters. The number of rotatable bonds is 2. The lowest BCUT2D eigenvalue weighted by Gasteiger charge is -2.10. The van der Waals surface area contributed by atoms with Crippen LogP contribution in [0.1, 0.15) is 10.4 Å². The molecule has 0 radical (unpaired) electrons. The van der Waals surface area contributed by atoms with Crippen molar-refractivity contribution in [1.29, 1.82) is 0 Å². The van der Waals surface area contributed by atoms with Gasteiger partial charge in [0.2, 0.25) is 0 Å². The zero-order chi connectivity index (χ0) is 15.0. The molecule has 0 aliphatic rings. The van der Waals surface area contributed by atoms with Gasteiger partial charge < -0.3 is 9.88 Å². The van der Waals surface area contributed by atoms with Gasteiger partial charge in [-0.1, -0.05) is 23.7 Å². The van der Waals surface area contributed by atoms with Gasteiger partial charge in [-0.3, -0.25) is 4.79 Å². The van der Waals surface area contributed by atoms with E-state index in [0.717, 1.165) is 22.2 Å². The number of fused-ring (bicyclic) bond motifs is 1. The van der Waals surface area contributed by atoms with Gasteiger partial charge in [0.1, 0.15) is 5.65 Å². The molecule has 1 amide bonds. The van der Waals surface area contributed by atoms with E-state index in [1.54, 1.807) is 25.2 Å². The molecule has 0 saturated carbocycles. The lowest BCUT2D eigenvalue weighted by Crippen LogP contribution is -2.21. The summed E-state index contributed by atoms with van der Waals surface area (Å²) in [4.78, 5) is 20.8. The molecule has 2 heterocycles. The third kappa shape index (κ3) is 2.50. The molecular formula is C16H14ClN3O. The maximum absolute atomic E-state index is 11.9. The van der Waals surface area contributed by atoms with Gasteiger partial charge >= 0.3 is 0 Å². The predicted octanol–water partition coefficient (Wildman–Crippen LogP) is 3.59. The van der Waals surface area contributed by atoms with E-state index in [-0.39, 0.29) is 5.91 Å². The van der Waals surface area contributed by atoms with Gasteiger partial charge in [-0.05, 0) is 23.8 Å². The smallest absolute Gasteiger partial charge is 0.253 e. The van der Waals surface area contributed by atoms with Crippen molar-refractivity contribution in [2.24, 2.45) is 0 Å². The standard InChI is InChI=1S/C16H14ClN3O/c1-20(2)16(21)11-5-3-10(4-6-11)14-9-19-15-13(14)7-12(17)8-18-15/h3-9H,1-2H3,(H,18,19). The molecule has 2 aromatic heterocycles. The van der Waals surface area contributed by atoms with Crippen LogP contribution >= 0.6 is 11.6 Å². The molecule has 1 N–H and O–H groups in total. The molecule has 3 rings (SSSR count). The number of nitrogens with zero attached hydrogens (tertiary/aromatic N) is 2. The van der Waals surface area contributed by atoms with E-state index in [2.05, 4.69) is 9.97 Å². The van der Waals surface area contributed by atoms with Crippen LogP contribution in [0.2, 0.25) is 5.02 Å². The largest absolute Gasteiger partial charge is 0.346 e. The van der Waals surface area contributed by atoms with Crippen molar-refractivity contribution < 1.29 is 4.79 Å². The van der Waals surface area contributed by atoms with Crippen LogP contribution in [0.3, 0.4) is 0 Å². The number of benzene rings is 1. The third-order valence-electron chi connectivity index (χ3n) is 3.35. The predicted molar refractivity (Wildman–Crippen MR) is 84.6 cm³/mol. The van der Waals surface area contributed by atoms with Gasteiger partial charge in [0.15, 0.2) is 0 Å². The number of carbonyl (C=O) groups excluding carboxylic acids is 1. The van der Waals surface area contributed by atoms with Crippen molar-refractivity contribution in [3.05, 3.63) is 53.3 Å². The van der Waals surface area contributed by atoms with Gasteiger partial charge in [0.25, 0.3) is 5.91 Å². The average Bonchev–Trinajstić information content (AvgIpc) is 2.89. The topological polar surface area (TPSA) is 49.0 Å². The molecule has 3 aromatic rings. The quantitative estimate of drug-likeness (QED) is 0.786. The van der Waals surface area contributed by atoms with Crippen LogP contribution in [0.15, 0.2) is 42.7 Å². The van der Waals surface area contributed by atoms with Crippen molar-refractivity contribution in [3.8, 4) is 11.1 Å². The van der Waals surface area contributed by atoms with Crippen LogP contribution < -0.4 is 0 Å². The fourth-order valence-corrected chi connectivity index (χ4v) is 2.43. The van der Waals surface area contributed by atoms with E-state index in [4.69, 9.17) is 11.6 Å². The minimum Gasteiger partial charge on any atom is -0.346 e. The van der Waals surface area contributed by atoms with Crippen molar-refractivity contribution in [3.63, 3.8) is 0 Å². The summed E-state index contributed by atoms with van der Waals surface area (Å²) in [7, 11) is 3.48. The van der Waals surface area contributed by atoms with Crippen molar-refractivity contribution >= 4 is 28.5 Å². The lowest BCUT2D eigenvalue weighted by molar-refractivity contribution is 0.0827. The second kappa shape index (κ2) is 5.22. The number of carbonyl (C=O) groups is 1. The minimum absolute atomic E-state index is 0.00909. The molecule has 21 heavy (non-hydrogen) atoms. The van der Waals surface area contributed by atoms with Crippen LogP contribution in [-0.4, -0.2) is 34.9 Å². The number of H-pyrrole nitrogens is 1. The van der Waals surface area contributed by atoms with Gasteiger partial charge in [-0.15, -0.1) is 0 Å². The Bertz CT molecular complexity index is 806. The Morgan fingerprint density at radius 3 is 2.62 bits per heavy atom. The number of nitrogens with one attached hydrogen (secondary N) is 1. The van der Waals surface area contributed by atoms with Crippen LogP contribution in [-0.2, 0) is 0 Å². The van der Waals surface area contributed by atoms with Crippen molar-refractivity contribution in [2.45, 2.75) is 0 Å². The Morgan fingerprint density at radius 1 is 1.24 bits per heavy atom. The Kier molecular flexibility index (Phi) is 3.39. The number of hydrogen-bond acceptors (Lipinski definition) is 2. The average molecular weight is 300 g/mol. The number of aromatic nitrogens is 2. The molecule has 1 aromatic carbocycles. The Hall–Kier alpha value is -2.33. The SMILES string of the molecule is CN(C)C(=O)c1ccc(-c2c[nH]c3ncc(Cl)cc23)cc1. The molecule has 106 valence electrons. The second-order valence-electron chi connectivity index (χ2n) is 5.03. The number of amides is 1. The molecule has 4 nitrogen and oxygen atoms in total. The highest BCUT2D eigenvalue weighted by Gasteiger charge is 2.10. The van der Waals surface area contributed by atoms with E-state index in [0.29, 0.717) is 10.6 Å². The first-order valence-electron chi connectivity index (χ1n) is 6.51. The van der Waals surface area contributed by atoms with Gasteiger partial charge in [0, 0.05) is 43.0 Å². The third-order valence-corrected chi connectivity index (χ3v) is 3.55. The molecular weight excluding hydrogens is 286 g/mol. The number of hydrogen-bond donors (Lipinski definition) is 1. The van der Waals surface area contributed by atoms with Crippen LogP contribution in [0, 0.1) is 0 Å². The number of halogens is 1. The lowest BCUT2D eigenvalue weighted by atomic mass is 10.0. The molecule has 0 atom stereocenters. The molecule has 0 fully saturated rings. The molecule has 0 saturated heterocycles. The van der Waals surface area contributed by atoms with Gasteiger partial charge in [0.05, 0.1) is 5.02 Å². The zero-order valence-corrected chi connectivity index (χ0v) is 12.5. The van der Waals surface area contributed by atoms with Gasteiger partial charge in [-0.2, -0.15) is 0 Å². The van der Waals surface area contributed by atoms with Crippen LogP contribution in [0.4, 0.5) is 0 Å². The van der Waals surface area contributed by atoms with E-state index < -0.39 is 0 Å². The first-order valence-corrected chi connectivity index (χ1v) is 6.89. The van der Waals surface area contributed by atoms with Crippen molar-refractivity contribution in [1.82, 2.24) is 14.9 Å². The maximum atomic E-state index is 11.9. The van der Waals surface area contributed by atoms with Gasteiger partial charge in [-0.25, -0.2) is 4.98 Å². The number of pyridine rings is 1. The van der Waals surface area contributed by atoms with E-state index in [1.165, 1.54) is 0 Å². The summed E-state index contributed by atoms with van der Waals surface area (Å²) in [6.45, 7) is 0. The molecule has 0 spiro atoms. The summed E-state index contributed by atoms with van der Waals surface area (Å²) in [5.74, 6) is -0.00909. The van der Waals surface area contributed by atoms with Crippen molar-refractivity contribution in [2.75, 3.05) is 14.1 Å². The summed E-state index contributed by atoms with van der Waals surface area (Å²) in [6.07, 6.45) is 3.51.